The van der Waals surface area contributed by atoms with Gasteiger partial charge in [-0.2, -0.15) is 0 Å². The quantitative estimate of drug-likeness (QED) is 0.853. The van der Waals surface area contributed by atoms with Crippen LogP contribution in [-0.4, -0.2) is 12.5 Å². The molecule has 2 nitrogen and oxygen atoms in total. The molecule has 0 aliphatic carbocycles. The van der Waals surface area contributed by atoms with Crippen LogP contribution in [0.2, 0.25) is 0 Å². The Bertz CT molecular complexity index is 325. The highest BCUT2D eigenvalue weighted by atomic mass is 79.9. The number of rotatable bonds is 3. The molecule has 0 fully saturated rings. The van der Waals surface area contributed by atoms with Crippen molar-refractivity contribution in [3.63, 3.8) is 0 Å². The van der Waals surface area contributed by atoms with E-state index in [1.54, 1.807) is 18.2 Å². The lowest BCUT2D eigenvalue weighted by atomic mass is 10.3. The Morgan fingerprint density at radius 3 is 2.64 bits per heavy atom. The van der Waals surface area contributed by atoms with Gasteiger partial charge in [0.1, 0.15) is 5.75 Å². The van der Waals surface area contributed by atoms with Crippen molar-refractivity contribution in [1.29, 1.82) is 0 Å². The third-order valence-electron chi connectivity index (χ3n) is 1.46. The molecule has 0 radical (unpaired) electrons. The molecule has 5 heteroatoms. The summed E-state index contributed by atoms with van der Waals surface area (Å²) in [5.74, 6) is -2.46. The zero-order valence-corrected chi connectivity index (χ0v) is 9.14. The zero-order valence-electron chi connectivity index (χ0n) is 7.56. The summed E-state index contributed by atoms with van der Waals surface area (Å²) >= 11 is 3.17. The predicted molar refractivity (Wildman–Crippen MR) is 54.7 cm³/mol. The van der Waals surface area contributed by atoms with Gasteiger partial charge < -0.3 is 10.5 Å². The van der Waals surface area contributed by atoms with Crippen molar-refractivity contribution >= 4 is 21.6 Å². The summed E-state index contributed by atoms with van der Waals surface area (Å²) in [6.45, 7) is 0.169. The van der Waals surface area contributed by atoms with E-state index < -0.39 is 12.5 Å². The van der Waals surface area contributed by atoms with Gasteiger partial charge in [-0.15, -0.1) is 0 Å². The highest BCUT2D eigenvalue weighted by Gasteiger charge is 2.21. The number of ether oxygens (including phenoxy) is 1. The second-order valence-electron chi connectivity index (χ2n) is 3.04. The van der Waals surface area contributed by atoms with Crippen LogP contribution in [0.5, 0.6) is 5.75 Å². The Kier molecular flexibility index (Phi) is 3.31. The second kappa shape index (κ2) is 4.13. The van der Waals surface area contributed by atoms with Gasteiger partial charge in [-0.1, -0.05) is 0 Å². The van der Waals surface area contributed by atoms with Crippen molar-refractivity contribution in [2.45, 2.75) is 12.8 Å². The molecule has 1 rings (SSSR count). The topological polar surface area (TPSA) is 35.2 Å². The van der Waals surface area contributed by atoms with Gasteiger partial charge in [0.25, 0.3) is 5.92 Å². The number of nitrogen functional groups attached to an aromatic ring is 1. The van der Waals surface area contributed by atoms with Crippen LogP contribution in [0.15, 0.2) is 22.7 Å². The van der Waals surface area contributed by atoms with Crippen molar-refractivity contribution in [3.05, 3.63) is 22.7 Å². The first kappa shape index (κ1) is 11.2. The normalized spacial score (nSPS) is 11.4. The van der Waals surface area contributed by atoms with E-state index in [1.165, 1.54) is 0 Å². The lowest BCUT2D eigenvalue weighted by Crippen LogP contribution is -2.20. The largest absolute Gasteiger partial charge is 0.487 e. The SMILES string of the molecule is CC(F)(F)COc1ccc(N)c(Br)c1. The molecular weight excluding hydrogens is 256 g/mol. The molecular formula is C9H10BrF2NO. The van der Waals surface area contributed by atoms with E-state index in [9.17, 15) is 8.78 Å². The molecule has 0 heterocycles. The van der Waals surface area contributed by atoms with Crippen LogP contribution in [0, 0.1) is 0 Å². The molecule has 0 aliphatic rings. The summed E-state index contributed by atoms with van der Waals surface area (Å²) in [7, 11) is 0. The van der Waals surface area contributed by atoms with E-state index in [4.69, 9.17) is 10.5 Å². The van der Waals surface area contributed by atoms with Gasteiger partial charge in [-0.25, -0.2) is 8.78 Å². The molecule has 0 saturated carbocycles. The summed E-state index contributed by atoms with van der Waals surface area (Å²) in [4.78, 5) is 0. The van der Waals surface area contributed by atoms with E-state index in [0.29, 0.717) is 15.9 Å². The number of alkyl halides is 2. The van der Waals surface area contributed by atoms with Gasteiger partial charge in [-0.3, -0.25) is 0 Å². The van der Waals surface area contributed by atoms with Crippen molar-refractivity contribution in [2.75, 3.05) is 12.3 Å². The number of halogens is 3. The summed E-state index contributed by atoms with van der Waals surface area (Å²) in [5.41, 5.74) is 6.06. The molecule has 0 unspecified atom stereocenters. The molecule has 0 aromatic heterocycles. The minimum Gasteiger partial charge on any atom is -0.487 e. The Hall–Kier alpha value is -0.840. The van der Waals surface area contributed by atoms with Crippen LogP contribution in [-0.2, 0) is 0 Å². The van der Waals surface area contributed by atoms with Gasteiger partial charge in [0.15, 0.2) is 6.61 Å². The fraction of sp³-hybridized carbons (Fsp3) is 0.333. The fourth-order valence-electron chi connectivity index (χ4n) is 0.808. The van der Waals surface area contributed by atoms with Crippen molar-refractivity contribution in [3.8, 4) is 5.75 Å². The Morgan fingerprint density at radius 2 is 2.14 bits per heavy atom. The lowest BCUT2D eigenvalue weighted by molar-refractivity contribution is -0.0229. The maximum Gasteiger partial charge on any atom is 0.278 e. The van der Waals surface area contributed by atoms with E-state index in [0.717, 1.165) is 6.92 Å². The Balaban J connectivity index is 2.65. The van der Waals surface area contributed by atoms with Gasteiger partial charge >= 0.3 is 0 Å². The maximum absolute atomic E-state index is 12.4. The van der Waals surface area contributed by atoms with E-state index in [2.05, 4.69) is 15.9 Å². The summed E-state index contributed by atoms with van der Waals surface area (Å²) in [6.07, 6.45) is 0. The molecule has 14 heavy (non-hydrogen) atoms. The van der Waals surface area contributed by atoms with E-state index >= 15 is 0 Å². The summed E-state index contributed by atoms with van der Waals surface area (Å²) < 4.78 is 30.4. The molecule has 0 spiro atoms. The molecule has 78 valence electrons. The molecule has 0 bridgehead atoms. The second-order valence-corrected chi connectivity index (χ2v) is 3.90. The van der Waals surface area contributed by atoms with Gasteiger partial charge in [0, 0.05) is 17.1 Å². The summed E-state index contributed by atoms with van der Waals surface area (Å²) in [6, 6.07) is 4.69. The lowest BCUT2D eigenvalue weighted by Gasteiger charge is -2.12. The van der Waals surface area contributed by atoms with Gasteiger partial charge in [-0.05, 0) is 34.1 Å². The average molecular weight is 266 g/mol. The third-order valence-corrected chi connectivity index (χ3v) is 2.15. The first-order chi connectivity index (χ1) is 6.38. The Morgan fingerprint density at radius 1 is 1.50 bits per heavy atom. The first-order valence-electron chi connectivity index (χ1n) is 3.94. The number of hydrogen-bond acceptors (Lipinski definition) is 2. The van der Waals surface area contributed by atoms with Crippen LogP contribution in [0.3, 0.4) is 0 Å². The van der Waals surface area contributed by atoms with Crippen LogP contribution in [0.1, 0.15) is 6.92 Å². The molecule has 1 aromatic carbocycles. The molecule has 0 saturated heterocycles. The van der Waals surface area contributed by atoms with Crippen molar-refractivity contribution in [2.24, 2.45) is 0 Å². The molecule has 2 N–H and O–H groups in total. The van der Waals surface area contributed by atoms with Crippen molar-refractivity contribution in [1.82, 2.24) is 0 Å². The average Bonchev–Trinajstić information content (AvgIpc) is 2.06. The monoisotopic (exact) mass is 265 g/mol. The van der Waals surface area contributed by atoms with Gasteiger partial charge in [0.2, 0.25) is 0 Å². The van der Waals surface area contributed by atoms with Crippen LogP contribution in [0.4, 0.5) is 14.5 Å². The number of nitrogens with two attached hydrogens (primary N) is 1. The van der Waals surface area contributed by atoms with Crippen molar-refractivity contribution < 1.29 is 13.5 Å². The highest BCUT2D eigenvalue weighted by Crippen LogP contribution is 2.25. The molecule has 1 aromatic rings. The molecule has 0 aliphatic heterocycles. The zero-order chi connectivity index (χ0) is 10.8. The van der Waals surface area contributed by atoms with Crippen LogP contribution < -0.4 is 10.5 Å². The van der Waals surface area contributed by atoms with E-state index in [1.807, 2.05) is 0 Å². The Labute approximate surface area is 89.2 Å². The van der Waals surface area contributed by atoms with Gasteiger partial charge in [0.05, 0.1) is 0 Å². The number of hydrogen-bond donors (Lipinski definition) is 1. The number of anilines is 1. The van der Waals surface area contributed by atoms with E-state index in [-0.39, 0.29) is 0 Å². The summed E-state index contributed by atoms with van der Waals surface area (Å²) in [5, 5.41) is 0. The molecule has 0 amide bonds. The van der Waals surface area contributed by atoms with Crippen LogP contribution in [0.25, 0.3) is 0 Å². The first-order valence-corrected chi connectivity index (χ1v) is 4.73. The number of benzene rings is 1. The highest BCUT2D eigenvalue weighted by molar-refractivity contribution is 9.10. The minimum absolute atomic E-state index is 0.368. The standard InChI is InChI=1S/C9H10BrF2NO/c1-9(11,12)5-14-6-2-3-8(13)7(10)4-6/h2-4H,5,13H2,1H3. The van der Waals surface area contributed by atoms with Crippen LogP contribution >= 0.6 is 15.9 Å². The maximum atomic E-state index is 12.4. The smallest absolute Gasteiger partial charge is 0.278 e. The minimum atomic E-state index is -2.83. The third kappa shape index (κ3) is 3.49. The molecule has 0 atom stereocenters. The fourth-order valence-corrected chi connectivity index (χ4v) is 1.17. The predicted octanol–water partition coefficient (Wildman–Crippen LogP) is 3.07.